The minimum absolute atomic E-state index is 0. The first-order valence-electron chi connectivity index (χ1n) is 14.3. The molecule has 216 valence electrons. The number of para-hydroxylation sites is 1. The molecule has 1 aliphatic rings. The van der Waals surface area contributed by atoms with Gasteiger partial charge < -0.3 is 13.9 Å². The number of aromatic nitrogens is 2. The van der Waals surface area contributed by atoms with Gasteiger partial charge in [0.05, 0.1) is 0 Å². The van der Waals surface area contributed by atoms with Gasteiger partial charge >= 0.3 is 21.1 Å². The van der Waals surface area contributed by atoms with Gasteiger partial charge in [-0.25, -0.2) is 4.98 Å². The molecule has 0 unspecified atom stereocenters. The zero-order valence-electron chi connectivity index (χ0n) is 24.1. The first-order chi connectivity index (χ1) is 21.0. The Hall–Kier alpha value is -4.01. The van der Waals surface area contributed by atoms with E-state index in [1.807, 2.05) is 97.2 Å². The fourth-order valence-corrected chi connectivity index (χ4v) is 11.9. The Morgan fingerprint density at radius 3 is 2.07 bits per heavy atom. The van der Waals surface area contributed by atoms with E-state index in [4.69, 9.17) is 9.72 Å². The van der Waals surface area contributed by atoms with Crippen LogP contribution in [-0.4, -0.2) is 17.6 Å². The van der Waals surface area contributed by atoms with Crippen LogP contribution in [0.25, 0.3) is 27.6 Å². The second kappa shape index (κ2) is 10.9. The molecule has 3 heterocycles. The third kappa shape index (κ3) is 4.30. The summed E-state index contributed by atoms with van der Waals surface area (Å²) in [5.74, 6) is 2.03. The largest absolute Gasteiger partial charge is 2.00 e. The van der Waals surface area contributed by atoms with Crippen molar-refractivity contribution >= 4 is 63.3 Å². The summed E-state index contributed by atoms with van der Waals surface area (Å²) in [4.78, 5) is 4.87. The van der Waals surface area contributed by atoms with Crippen LogP contribution in [0.3, 0.4) is 0 Å². The van der Waals surface area contributed by atoms with Crippen LogP contribution in [0.4, 0.5) is 0 Å². The summed E-state index contributed by atoms with van der Waals surface area (Å²) in [6.45, 7) is 4.79. The molecule has 5 aromatic carbocycles. The van der Waals surface area contributed by atoms with Crippen molar-refractivity contribution < 1.29 is 30.4 Å². The van der Waals surface area contributed by atoms with Gasteiger partial charge in [0.15, 0.2) is 0 Å². The molecule has 0 radical (unpaired) electrons. The summed E-state index contributed by atoms with van der Waals surface area (Å²) >= 11 is 0. The SMILES string of the molecule is C[Si]1(C)c2cccnc2-n2c3[c-]c(Oc4[c-]c(P(=O)(c5ccccc5)c5ccccc5)ccc4)ccc3c3cccc1c32.[Pt+2]. The Balaban J connectivity index is 0.00000312. The van der Waals surface area contributed by atoms with Crippen LogP contribution in [-0.2, 0) is 25.6 Å². The number of hydrogen-bond donors (Lipinski definition) is 0. The number of benzene rings is 5. The van der Waals surface area contributed by atoms with Gasteiger partial charge in [-0.1, -0.05) is 109 Å². The summed E-state index contributed by atoms with van der Waals surface area (Å²) in [5.41, 5.74) is 2.15. The maximum absolute atomic E-state index is 14.9. The fourth-order valence-electron chi connectivity index (χ4n) is 6.46. The smallest absolute Gasteiger partial charge is 0.509 e. The molecule has 0 saturated heterocycles. The number of pyridine rings is 1. The molecule has 7 aromatic rings. The van der Waals surface area contributed by atoms with Crippen LogP contribution >= 0.6 is 7.14 Å². The van der Waals surface area contributed by atoms with E-state index in [1.54, 1.807) is 0 Å². The Morgan fingerprint density at radius 1 is 0.682 bits per heavy atom. The number of nitrogens with zero attached hydrogens (tertiary/aromatic N) is 2. The van der Waals surface area contributed by atoms with Crippen LogP contribution in [0.5, 0.6) is 11.5 Å². The Labute approximate surface area is 272 Å². The Morgan fingerprint density at radius 2 is 1.34 bits per heavy atom. The Bertz CT molecular complexity index is 2190. The second-order valence-corrected chi connectivity index (χ2v) is 18.5. The number of fused-ring (bicyclic) bond motifs is 5. The van der Waals surface area contributed by atoms with Crippen molar-refractivity contribution in [2.24, 2.45) is 0 Å². The van der Waals surface area contributed by atoms with Gasteiger partial charge in [-0.2, -0.15) is 18.2 Å². The summed E-state index contributed by atoms with van der Waals surface area (Å²) in [7, 11) is -5.12. The Kier molecular flexibility index (Phi) is 7.09. The minimum Gasteiger partial charge on any atom is -0.509 e. The molecule has 0 saturated carbocycles. The molecule has 0 fully saturated rings. The summed E-state index contributed by atoms with van der Waals surface area (Å²) in [6.07, 6.45) is 1.87. The van der Waals surface area contributed by atoms with Gasteiger partial charge in [0.1, 0.15) is 21.0 Å². The molecule has 7 heteroatoms. The molecule has 0 bridgehead atoms. The van der Waals surface area contributed by atoms with Crippen LogP contribution in [0, 0.1) is 12.1 Å². The predicted molar refractivity (Wildman–Crippen MR) is 179 cm³/mol. The zero-order valence-corrected chi connectivity index (χ0v) is 28.3. The fraction of sp³-hybridized carbons (Fsp3) is 0.0541. The third-order valence-electron chi connectivity index (χ3n) is 8.57. The molecule has 4 nitrogen and oxygen atoms in total. The van der Waals surface area contributed by atoms with E-state index in [0.717, 1.165) is 27.3 Å². The maximum Gasteiger partial charge on any atom is 2.00 e. The average molecular weight is 786 g/mol. The third-order valence-corrected chi connectivity index (χ3v) is 15.0. The second-order valence-electron chi connectivity index (χ2n) is 11.4. The number of ether oxygens (including phenoxy) is 1. The quantitative estimate of drug-likeness (QED) is 0.116. The van der Waals surface area contributed by atoms with Crippen molar-refractivity contribution in [2.75, 3.05) is 0 Å². The van der Waals surface area contributed by atoms with E-state index in [2.05, 4.69) is 60.1 Å². The van der Waals surface area contributed by atoms with E-state index in [-0.39, 0.29) is 21.1 Å². The molecule has 0 amide bonds. The van der Waals surface area contributed by atoms with Gasteiger partial charge in [-0.15, -0.1) is 29.7 Å². The van der Waals surface area contributed by atoms with Gasteiger partial charge in [-0.05, 0) is 21.8 Å². The molecule has 1 aliphatic heterocycles. The van der Waals surface area contributed by atoms with Crippen molar-refractivity contribution in [3.8, 4) is 17.3 Å². The van der Waals surface area contributed by atoms with E-state index in [1.165, 1.54) is 21.3 Å². The number of hydrogen-bond acceptors (Lipinski definition) is 3. The van der Waals surface area contributed by atoms with Gasteiger partial charge in [0, 0.05) is 33.8 Å². The topological polar surface area (TPSA) is 44.1 Å². The van der Waals surface area contributed by atoms with Crippen LogP contribution in [0.1, 0.15) is 0 Å². The van der Waals surface area contributed by atoms with Crippen LogP contribution in [0.15, 0.2) is 128 Å². The molecular formula is C37H27N2O2PPtSi. The molecular weight excluding hydrogens is 759 g/mol. The standard InChI is InChI=1S/C37H27N2O2PSi.Pt/c1-43(2)34-19-10-18-32-31-22-21-27(25-33(31)39(36(32)34)37-35(43)20-11-23-38-37)41-26-12-9-17-30(24-26)42(40,28-13-5-3-6-14-28)29-15-7-4-8-16-29;/h3-23H,1-2H3;/q-2;+2. The zero-order chi connectivity index (χ0) is 29.2. The van der Waals surface area contributed by atoms with Crippen molar-refractivity contribution in [3.63, 3.8) is 0 Å². The van der Waals surface area contributed by atoms with E-state index in [9.17, 15) is 4.57 Å². The molecule has 2 aromatic heterocycles. The maximum atomic E-state index is 14.9. The molecule has 8 rings (SSSR count). The average Bonchev–Trinajstić information content (AvgIpc) is 3.38. The van der Waals surface area contributed by atoms with Crippen molar-refractivity contribution in [1.82, 2.24) is 9.55 Å². The normalized spacial score (nSPS) is 13.3. The van der Waals surface area contributed by atoms with Crippen molar-refractivity contribution in [3.05, 3.63) is 140 Å². The molecule has 0 N–H and O–H groups in total. The van der Waals surface area contributed by atoms with Gasteiger partial charge in [0.25, 0.3) is 0 Å². The first kappa shape index (κ1) is 28.7. The van der Waals surface area contributed by atoms with Crippen molar-refractivity contribution in [1.29, 1.82) is 0 Å². The molecule has 0 spiro atoms. The van der Waals surface area contributed by atoms with Crippen molar-refractivity contribution in [2.45, 2.75) is 13.1 Å². The van der Waals surface area contributed by atoms with Gasteiger partial charge in [0.2, 0.25) is 0 Å². The summed E-state index contributed by atoms with van der Waals surface area (Å²) < 4.78 is 23.5. The van der Waals surface area contributed by atoms with Crippen LogP contribution in [0.2, 0.25) is 13.1 Å². The molecule has 0 aliphatic carbocycles. The van der Waals surface area contributed by atoms with Crippen LogP contribution < -0.4 is 31.0 Å². The molecule has 0 atom stereocenters. The summed E-state index contributed by atoms with van der Waals surface area (Å²) in [5, 5.41) is 7.14. The monoisotopic (exact) mass is 785 g/mol. The van der Waals surface area contributed by atoms with E-state index >= 15 is 0 Å². The predicted octanol–water partition coefficient (Wildman–Crippen LogP) is 6.34. The van der Waals surface area contributed by atoms with E-state index < -0.39 is 15.2 Å². The molecule has 44 heavy (non-hydrogen) atoms. The number of rotatable bonds is 5. The minimum atomic E-state index is -3.18. The van der Waals surface area contributed by atoms with Gasteiger partial charge in [-0.3, -0.25) is 0 Å². The van der Waals surface area contributed by atoms with E-state index in [0.29, 0.717) is 16.8 Å². The first-order valence-corrected chi connectivity index (χ1v) is 19.0. The summed E-state index contributed by atoms with van der Waals surface area (Å²) in [6, 6.07) is 46.7.